The van der Waals surface area contributed by atoms with E-state index in [2.05, 4.69) is 10.1 Å². The number of carbonyl (C=O) groups is 1. The van der Waals surface area contributed by atoms with E-state index in [0.29, 0.717) is 0 Å². The number of ether oxygens (including phenoxy) is 1. The maximum Gasteiger partial charge on any atom is 0.350 e. The molecule has 102 valence electrons. The highest BCUT2D eigenvalue weighted by atomic mass is 16.5. The lowest BCUT2D eigenvalue weighted by atomic mass is 9.53. The maximum atomic E-state index is 11.4. The molecular formula is C15H20N2O2. The predicted molar refractivity (Wildman–Crippen MR) is 69.8 cm³/mol. The van der Waals surface area contributed by atoms with E-state index in [1.54, 1.807) is 6.20 Å². The average molecular weight is 260 g/mol. The van der Waals surface area contributed by atoms with Gasteiger partial charge in [-0.05, 0) is 56.3 Å². The second kappa shape index (κ2) is 4.56. The van der Waals surface area contributed by atoms with Crippen LogP contribution in [0.2, 0.25) is 0 Å². The lowest BCUT2D eigenvalue weighted by molar-refractivity contribution is -0.135. The Balaban J connectivity index is 1.74. The zero-order valence-corrected chi connectivity index (χ0v) is 11.3. The number of esters is 1. The van der Waals surface area contributed by atoms with Crippen LogP contribution in [0.15, 0.2) is 11.8 Å². The lowest BCUT2D eigenvalue weighted by Gasteiger charge is -2.56. The van der Waals surface area contributed by atoms with E-state index in [1.807, 2.05) is 6.07 Å². The molecule has 4 saturated carbocycles. The van der Waals surface area contributed by atoms with Gasteiger partial charge in [-0.3, -0.25) is 0 Å². The van der Waals surface area contributed by atoms with Gasteiger partial charge in [0.15, 0.2) is 5.57 Å². The number of hydrogen-bond acceptors (Lipinski definition) is 4. The highest BCUT2D eigenvalue weighted by molar-refractivity contribution is 5.92. The number of methoxy groups -OCH3 is 1. The van der Waals surface area contributed by atoms with Gasteiger partial charge >= 0.3 is 5.97 Å². The van der Waals surface area contributed by atoms with Crippen molar-refractivity contribution in [2.75, 3.05) is 7.11 Å². The summed E-state index contributed by atoms with van der Waals surface area (Å²) in [6.45, 7) is 0. The van der Waals surface area contributed by atoms with E-state index in [4.69, 9.17) is 5.26 Å². The van der Waals surface area contributed by atoms with Crippen molar-refractivity contribution in [1.29, 1.82) is 5.26 Å². The fraction of sp³-hybridized carbons (Fsp3) is 0.733. The predicted octanol–water partition coefficient (Wildman–Crippen LogP) is 2.13. The number of carbonyl (C=O) groups excluding carboxylic acids is 1. The van der Waals surface area contributed by atoms with E-state index in [-0.39, 0.29) is 11.1 Å². The van der Waals surface area contributed by atoms with Crippen LogP contribution in [0, 0.1) is 29.1 Å². The molecule has 0 aromatic rings. The van der Waals surface area contributed by atoms with Gasteiger partial charge in [-0.2, -0.15) is 5.26 Å². The quantitative estimate of drug-likeness (QED) is 0.479. The Morgan fingerprint density at radius 3 is 2.21 bits per heavy atom. The van der Waals surface area contributed by atoms with Crippen LogP contribution in [0.4, 0.5) is 0 Å². The van der Waals surface area contributed by atoms with Crippen LogP contribution in [0.1, 0.15) is 38.5 Å². The number of nitrogens with one attached hydrogen (secondary N) is 1. The van der Waals surface area contributed by atoms with Gasteiger partial charge in [0.05, 0.1) is 7.11 Å². The van der Waals surface area contributed by atoms with Crippen molar-refractivity contribution in [3.8, 4) is 6.07 Å². The minimum Gasteiger partial charge on any atom is -0.465 e. The molecule has 0 radical (unpaired) electrons. The van der Waals surface area contributed by atoms with Crippen LogP contribution in [0.3, 0.4) is 0 Å². The molecule has 4 rings (SSSR count). The minimum absolute atomic E-state index is 0.0678. The molecule has 4 bridgehead atoms. The smallest absolute Gasteiger partial charge is 0.350 e. The third kappa shape index (κ3) is 2.22. The van der Waals surface area contributed by atoms with Crippen LogP contribution < -0.4 is 5.32 Å². The number of nitrogens with zero attached hydrogens (tertiary/aromatic N) is 1. The van der Waals surface area contributed by atoms with E-state index in [0.717, 1.165) is 17.8 Å². The standard InChI is InChI=1S/C15H20N2O2/c1-19-14(18)13(8-16)9-17-15-5-10-2-11(6-15)4-12(3-10)7-15/h9-12,17H,2-7H2,1H3/b13-9+. The fourth-order valence-electron chi connectivity index (χ4n) is 4.76. The minimum atomic E-state index is -0.556. The van der Waals surface area contributed by atoms with Crippen LogP contribution >= 0.6 is 0 Å². The molecule has 4 nitrogen and oxygen atoms in total. The maximum absolute atomic E-state index is 11.4. The first-order chi connectivity index (χ1) is 9.14. The molecule has 0 atom stereocenters. The third-order valence-corrected chi connectivity index (χ3v) is 5.09. The molecule has 4 fully saturated rings. The molecule has 0 aromatic carbocycles. The van der Waals surface area contributed by atoms with Gasteiger partial charge < -0.3 is 10.1 Å². The first kappa shape index (κ1) is 12.5. The molecule has 0 heterocycles. The lowest BCUT2D eigenvalue weighted by Crippen LogP contribution is -2.57. The Morgan fingerprint density at radius 2 is 1.79 bits per heavy atom. The Bertz CT molecular complexity index is 426. The molecule has 4 aliphatic rings. The van der Waals surface area contributed by atoms with E-state index in [9.17, 15) is 4.79 Å². The second-order valence-corrected chi connectivity index (χ2v) is 6.50. The van der Waals surface area contributed by atoms with Crippen LogP contribution in [0.25, 0.3) is 0 Å². The largest absolute Gasteiger partial charge is 0.465 e. The monoisotopic (exact) mass is 260 g/mol. The van der Waals surface area contributed by atoms with Crippen molar-refractivity contribution < 1.29 is 9.53 Å². The molecule has 0 saturated heterocycles. The van der Waals surface area contributed by atoms with Gasteiger partial charge in [-0.15, -0.1) is 0 Å². The van der Waals surface area contributed by atoms with Crippen molar-refractivity contribution in [2.45, 2.75) is 44.1 Å². The molecule has 19 heavy (non-hydrogen) atoms. The molecule has 0 amide bonds. The van der Waals surface area contributed by atoms with Crippen molar-refractivity contribution in [3.05, 3.63) is 11.8 Å². The first-order valence-electron chi connectivity index (χ1n) is 7.10. The Hall–Kier alpha value is -1.50. The summed E-state index contributed by atoms with van der Waals surface area (Å²) < 4.78 is 4.60. The topological polar surface area (TPSA) is 62.1 Å². The van der Waals surface area contributed by atoms with Crippen LogP contribution in [0.5, 0.6) is 0 Å². The molecular weight excluding hydrogens is 240 g/mol. The number of rotatable bonds is 3. The van der Waals surface area contributed by atoms with Crippen LogP contribution in [-0.2, 0) is 9.53 Å². The van der Waals surface area contributed by atoms with E-state index < -0.39 is 5.97 Å². The van der Waals surface area contributed by atoms with E-state index in [1.165, 1.54) is 45.6 Å². The third-order valence-electron chi connectivity index (χ3n) is 5.09. The van der Waals surface area contributed by atoms with Gasteiger partial charge in [0.2, 0.25) is 0 Å². The Morgan fingerprint density at radius 1 is 1.26 bits per heavy atom. The molecule has 0 unspecified atom stereocenters. The zero-order chi connectivity index (χ0) is 13.5. The summed E-state index contributed by atoms with van der Waals surface area (Å²) in [5.74, 6) is 1.97. The Kier molecular flexibility index (Phi) is 3.00. The van der Waals surface area contributed by atoms with Crippen molar-refractivity contribution in [1.82, 2.24) is 5.32 Å². The highest BCUT2D eigenvalue weighted by Gasteiger charge is 2.50. The summed E-state index contributed by atoms with van der Waals surface area (Å²) in [6.07, 6.45) is 9.30. The Labute approximate surface area is 113 Å². The molecule has 0 spiro atoms. The molecule has 4 aliphatic carbocycles. The van der Waals surface area contributed by atoms with E-state index >= 15 is 0 Å². The SMILES string of the molecule is COC(=O)/C(C#N)=C/NC12CC3CC(CC(C3)C1)C2. The molecule has 0 aromatic heterocycles. The summed E-state index contributed by atoms with van der Waals surface area (Å²) in [6, 6.07) is 1.91. The summed E-state index contributed by atoms with van der Waals surface area (Å²) in [4.78, 5) is 11.4. The first-order valence-corrected chi connectivity index (χ1v) is 7.10. The van der Waals surface area contributed by atoms with Crippen molar-refractivity contribution >= 4 is 5.97 Å². The van der Waals surface area contributed by atoms with Crippen molar-refractivity contribution in [2.24, 2.45) is 17.8 Å². The second-order valence-electron chi connectivity index (χ2n) is 6.50. The van der Waals surface area contributed by atoms with Gasteiger partial charge in [0, 0.05) is 11.7 Å². The number of hydrogen-bond donors (Lipinski definition) is 1. The molecule has 0 aliphatic heterocycles. The van der Waals surface area contributed by atoms with Gasteiger partial charge in [-0.1, -0.05) is 0 Å². The summed E-state index contributed by atoms with van der Waals surface area (Å²) in [5.41, 5.74) is 0.198. The number of nitriles is 1. The highest BCUT2D eigenvalue weighted by Crippen LogP contribution is 2.55. The molecule has 4 heteroatoms. The zero-order valence-electron chi connectivity index (χ0n) is 11.3. The van der Waals surface area contributed by atoms with Crippen LogP contribution in [-0.4, -0.2) is 18.6 Å². The van der Waals surface area contributed by atoms with Gasteiger partial charge in [-0.25, -0.2) is 4.79 Å². The van der Waals surface area contributed by atoms with Crippen molar-refractivity contribution in [3.63, 3.8) is 0 Å². The van der Waals surface area contributed by atoms with Gasteiger partial charge in [0.25, 0.3) is 0 Å². The fourth-order valence-corrected chi connectivity index (χ4v) is 4.76. The summed E-state index contributed by atoms with van der Waals surface area (Å²) in [5, 5.41) is 12.4. The summed E-state index contributed by atoms with van der Waals surface area (Å²) >= 11 is 0. The normalized spacial score (nSPS) is 39.8. The average Bonchev–Trinajstić information content (AvgIpc) is 2.37. The van der Waals surface area contributed by atoms with Gasteiger partial charge in [0.1, 0.15) is 6.07 Å². The summed E-state index contributed by atoms with van der Waals surface area (Å²) in [7, 11) is 1.30. The molecule has 1 N–H and O–H groups in total.